The largest absolute Gasteiger partial charge is 0.507 e. The van der Waals surface area contributed by atoms with Crippen LogP contribution in [0.25, 0.3) is 10.6 Å². The average molecular weight is 402 g/mol. The highest BCUT2D eigenvalue weighted by molar-refractivity contribution is 7.18. The van der Waals surface area contributed by atoms with Gasteiger partial charge in [-0.25, -0.2) is 4.98 Å². The molecule has 6 nitrogen and oxygen atoms in total. The summed E-state index contributed by atoms with van der Waals surface area (Å²) < 4.78 is 0. The maximum atomic E-state index is 12.5. The number of thiazole rings is 1. The Morgan fingerprint density at radius 3 is 2.67 bits per heavy atom. The number of carbonyl (C=O) groups excluding carboxylic acids is 2. The molecule has 27 heavy (non-hydrogen) atoms. The molecule has 3 rings (SSSR count). The molecule has 3 aromatic rings. The van der Waals surface area contributed by atoms with Gasteiger partial charge < -0.3 is 10.4 Å². The zero-order valence-corrected chi connectivity index (χ0v) is 16.8. The number of anilines is 1. The first-order chi connectivity index (χ1) is 12.8. The van der Waals surface area contributed by atoms with E-state index >= 15 is 0 Å². The molecule has 0 aliphatic rings. The fourth-order valence-corrected chi connectivity index (χ4v) is 4.38. The summed E-state index contributed by atoms with van der Waals surface area (Å²) in [6, 6.07) is 8.96. The molecule has 0 atom stereocenters. The number of nitrogens with zero attached hydrogens (tertiary/aromatic N) is 1. The van der Waals surface area contributed by atoms with Gasteiger partial charge in [0.2, 0.25) is 5.91 Å². The lowest BCUT2D eigenvalue weighted by atomic mass is 10.1. The molecule has 140 valence electrons. The van der Waals surface area contributed by atoms with Crippen molar-refractivity contribution in [3.8, 4) is 16.3 Å². The van der Waals surface area contributed by atoms with Crippen LogP contribution < -0.4 is 10.6 Å². The van der Waals surface area contributed by atoms with Crippen LogP contribution in [0.3, 0.4) is 0 Å². The van der Waals surface area contributed by atoms with Gasteiger partial charge in [0.1, 0.15) is 5.75 Å². The van der Waals surface area contributed by atoms with Crippen molar-refractivity contribution < 1.29 is 14.7 Å². The van der Waals surface area contributed by atoms with Gasteiger partial charge in [-0.15, -0.1) is 22.7 Å². The van der Waals surface area contributed by atoms with Crippen molar-refractivity contribution in [1.82, 2.24) is 10.3 Å². The summed E-state index contributed by atoms with van der Waals surface area (Å²) in [5, 5.41) is 16.1. The number of phenols is 1. The molecule has 0 saturated heterocycles. The lowest BCUT2D eigenvalue weighted by molar-refractivity contribution is -0.119. The zero-order chi connectivity index (χ0) is 19.6. The van der Waals surface area contributed by atoms with Gasteiger partial charge in [0.05, 0.1) is 22.7 Å². The van der Waals surface area contributed by atoms with Crippen LogP contribution in [0.4, 0.5) is 5.13 Å². The van der Waals surface area contributed by atoms with E-state index in [1.807, 2.05) is 19.1 Å². The van der Waals surface area contributed by atoms with Gasteiger partial charge in [-0.05, 0) is 37.6 Å². The highest BCUT2D eigenvalue weighted by Gasteiger charge is 2.17. The summed E-state index contributed by atoms with van der Waals surface area (Å²) >= 11 is 2.93. The van der Waals surface area contributed by atoms with Crippen molar-refractivity contribution in [3.63, 3.8) is 0 Å². The van der Waals surface area contributed by atoms with E-state index in [0.29, 0.717) is 17.2 Å². The highest BCUT2D eigenvalue weighted by Crippen LogP contribution is 2.35. The molecular weight excluding hydrogens is 382 g/mol. The minimum Gasteiger partial charge on any atom is -0.507 e. The van der Waals surface area contributed by atoms with Crippen LogP contribution in [0.5, 0.6) is 5.75 Å². The van der Waals surface area contributed by atoms with Crippen molar-refractivity contribution in [2.24, 2.45) is 0 Å². The van der Waals surface area contributed by atoms with Crippen LogP contribution in [-0.4, -0.2) is 21.9 Å². The lowest BCUT2D eigenvalue weighted by Gasteiger charge is -2.06. The Kier molecular flexibility index (Phi) is 5.57. The van der Waals surface area contributed by atoms with Crippen LogP contribution in [0.1, 0.15) is 32.6 Å². The van der Waals surface area contributed by atoms with E-state index in [4.69, 9.17) is 0 Å². The molecule has 3 N–H and O–H groups in total. The number of rotatable bonds is 5. The van der Waals surface area contributed by atoms with E-state index in [2.05, 4.69) is 15.6 Å². The number of nitrogens with one attached hydrogen (secondary N) is 2. The first-order valence-electron chi connectivity index (χ1n) is 8.26. The summed E-state index contributed by atoms with van der Waals surface area (Å²) in [5.74, 6) is -0.488. The van der Waals surface area contributed by atoms with Crippen molar-refractivity contribution in [2.45, 2.75) is 27.3 Å². The van der Waals surface area contributed by atoms with Gasteiger partial charge in [0.15, 0.2) is 5.13 Å². The Hall–Kier alpha value is -2.71. The Balaban J connectivity index is 1.77. The minimum absolute atomic E-state index is 0.0237. The molecule has 0 saturated carbocycles. The number of thiophene rings is 1. The third-order valence-electron chi connectivity index (χ3n) is 3.91. The number of para-hydroxylation sites is 1. The molecule has 2 aromatic heterocycles. The van der Waals surface area contributed by atoms with Crippen LogP contribution in [0.2, 0.25) is 0 Å². The first kappa shape index (κ1) is 19.1. The quantitative estimate of drug-likeness (QED) is 0.601. The molecule has 0 fully saturated rings. The van der Waals surface area contributed by atoms with E-state index in [-0.39, 0.29) is 17.2 Å². The SMILES string of the molecule is CC(=O)NCc1ccc(-c2nc(NC(=O)c3cccc(C)c3O)sc2C)s1. The van der Waals surface area contributed by atoms with Gasteiger partial charge in [0.25, 0.3) is 5.91 Å². The molecule has 0 radical (unpaired) electrons. The maximum absolute atomic E-state index is 12.5. The van der Waals surface area contributed by atoms with Crippen molar-refractivity contribution in [2.75, 3.05) is 5.32 Å². The van der Waals surface area contributed by atoms with Crippen LogP contribution in [0.15, 0.2) is 30.3 Å². The Labute approximate surface area is 164 Å². The van der Waals surface area contributed by atoms with Crippen LogP contribution in [0, 0.1) is 13.8 Å². The number of aromatic hydroxyl groups is 1. The number of amides is 2. The van der Waals surface area contributed by atoms with Gasteiger partial charge >= 0.3 is 0 Å². The first-order valence-corrected chi connectivity index (χ1v) is 9.89. The monoisotopic (exact) mass is 401 g/mol. The number of aryl methyl sites for hydroxylation is 2. The second kappa shape index (κ2) is 7.89. The van der Waals surface area contributed by atoms with Gasteiger partial charge in [0, 0.05) is 16.7 Å². The van der Waals surface area contributed by atoms with Gasteiger partial charge in [-0.2, -0.15) is 0 Å². The molecule has 2 heterocycles. The topological polar surface area (TPSA) is 91.3 Å². The molecule has 8 heteroatoms. The van der Waals surface area contributed by atoms with E-state index < -0.39 is 5.91 Å². The minimum atomic E-state index is -0.394. The maximum Gasteiger partial charge on any atom is 0.261 e. The summed E-state index contributed by atoms with van der Waals surface area (Å²) in [6.45, 7) is 5.66. The molecule has 2 amide bonds. The molecule has 1 aromatic carbocycles. The number of benzene rings is 1. The fraction of sp³-hybridized carbons (Fsp3) is 0.211. The summed E-state index contributed by atoms with van der Waals surface area (Å²) in [7, 11) is 0. The standard InChI is InChI=1S/C19H19N3O3S2/c1-10-5-4-6-14(17(10)24)18(25)22-19-21-16(11(2)26-19)15-8-7-13(27-15)9-20-12(3)23/h4-8,24H,9H2,1-3H3,(H,20,23)(H,21,22,25). The third-order valence-corrected chi connectivity index (χ3v) is 5.88. The van der Waals surface area contributed by atoms with Crippen molar-refractivity contribution in [3.05, 3.63) is 51.2 Å². The molecule has 0 aliphatic carbocycles. The number of hydrogen-bond donors (Lipinski definition) is 3. The second-order valence-corrected chi connectivity index (χ2v) is 8.40. The number of carbonyl (C=O) groups is 2. The smallest absolute Gasteiger partial charge is 0.261 e. The Bertz CT molecular complexity index is 1010. The third kappa shape index (κ3) is 4.35. The van der Waals surface area contributed by atoms with E-state index in [1.165, 1.54) is 18.3 Å². The van der Waals surface area contributed by atoms with Crippen LogP contribution in [-0.2, 0) is 11.3 Å². The Morgan fingerprint density at radius 1 is 1.15 bits per heavy atom. The molecule has 0 bridgehead atoms. The van der Waals surface area contributed by atoms with Crippen LogP contribution >= 0.6 is 22.7 Å². The summed E-state index contributed by atoms with van der Waals surface area (Å²) in [5.41, 5.74) is 1.67. The van der Waals surface area contributed by atoms with Gasteiger partial charge in [-0.1, -0.05) is 12.1 Å². The fourth-order valence-electron chi connectivity index (χ4n) is 2.50. The zero-order valence-electron chi connectivity index (χ0n) is 15.1. The summed E-state index contributed by atoms with van der Waals surface area (Å²) in [6.07, 6.45) is 0. The normalized spacial score (nSPS) is 10.6. The molecule has 0 spiro atoms. The predicted molar refractivity (Wildman–Crippen MR) is 108 cm³/mol. The van der Waals surface area contributed by atoms with Crippen molar-refractivity contribution >= 4 is 39.6 Å². The predicted octanol–water partition coefficient (Wildman–Crippen LogP) is 4.08. The molecule has 0 aliphatic heterocycles. The Morgan fingerprint density at radius 2 is 1.93 bits per heavy atom. The molecular formula is C19H19N3O3S2. The average Bonchev–Trinajstić information content (AvgIpc) is 3.21. The number of aromatic nitrogens is 1. The second-order valence-electron chi connectivity index (χ2n) is 6.02. The van der Waals surface area contributed by atoms with Crippen molar-refractivity contribution in [1.29, 1.82) is 0 Å². The lowest BCUT2D eigenvalue weighted by Crippen LogP contribution is -2.17. The van der Waals surface area contributed by atoms with E-state index in [9.17, 15) is 14.7 Å². The van der Waals surface area contributed by atoms with E-state index in [0.717, 1.165) is 20.3 Å². The summed E-state index contributed by atoms with van der Waals surface area (Å²) in [4.78, 5) is 31.0. The highest BCUT2D eigenvalue weighted by atomic mass is 32.1. The molecule has 0 unspecified atom stereocenters. The number of hydrogen-bond acceptors (Lipinski definition) is 6. The van der Waals surface area contributed by atoms with E-state index in [1.54, 1.807) is 36.5 Å². The van der Waals surface area contributed by atoms with Gasteiger partial charge in [-0.3, -0.25) is 14.9 Å². The number of phenolic OH excluding ortho intramolecular Hbond substituents is 1.